The van der Waals surface area contributed by atoms with Gasteiger partial charge in [-0.2, -0.15) is 0 Å². The van der Waals surface area contributed by atoms with Crippen LogP contribution in [-0.4, -0.2) is 114 Å². The van der Waals surface area contributed by atoms with E-state index in [2.05, 4.69) is 16.0 Å². The first-order valence-corrected chi connectivity index (χ1v) is 8.29. The Morgan fingerprint density at radius 1 is 0.875 bits per heavy atom. The summed E-state index contributed by atoms with van der Waals surface area (Å²) >= 11 is 0. The third kappa shape index (κ3) is 4.77. The van der Waals surface area contributed by atoms with Gasteiger partial charge < -0.3 is 31.3 Å². The van der Waals surface area contributed by atoms with Crippen molar-refractivity contribution in [3.05, 3.63) is 0 Å². The molecule has 138 valence electrons. The van der Waals surface area contributed by atoms with Gasteiger partial charge in [0.1, 0.15) is 6.10 Å². The lowest BCUT2D eigenvalue weighted by molar-refractivity contribution is -0.144. The van der Waals surface area contributed by atoms with Crippen LogP contribution in [0.5, 0.6) is 0 Å². The van der Waals surface area contributed by atoms with E-state index in [1.165, 1.54) is 0 Å². The minimum absolute atomic E-state index is 0.00494. The summed E-state index contributed by atoms with van der Waals surface area (Å²) in [4.78, 5) is 25.4. The van der Waals surface area contributed by atoms with Crippen LogP contribution in [-0.2, 0) is 4.79 Å². The number of rotatable bonds is 2. The normalized spacial score (nSPS) is 31.2. The number of nitrogens with zero attached hydrogens (tertiary/aromatic N) is 2. The fourth-order valence-electron chi connectivity index (χ4n) is 3.24. The van der Waals surface area contributed by atoms with E-state index in [0.717, 1.165) is 31.1 Å². The first-order chi connectivity index (χ1) is 11.5. The molecule has 2 heterocycles. The fourth-order valence-corrected chi connectivity index (χ4v) is 3.24. The molecule has 1 amide bonds. The Kier molecular flexibility index (Phi) is 7.18. The molecule has 2 rings (SSSR count). The maximum absolute atomic E-state index is 11.3. The molecular weight excluding hydrogens is 318 g/mol. The molecule has 24 heavy (non-hydrogen) atoms. The zero-order chi connectivity index (χ0) is 17.5. The Bertz CT molecular complexity index is 426. The standard InChI is InChI=1S/C14H27N5O5/c20-12-10(9-19(14(23)24)11(12)13(21)22)18-7-5-16-3-1-15-2-4-17-6-8-18/h10-12,15-17,20H,1-9H2,(H,21,22)(H,23,24)/t10-,11+,12+/m1/s1. The number of aliphatic hydroxyl groups is 1. The lowest BCUT2D eigenvalue weighted by Gasteiger charge is -2.31. The quantitative estimate of drug-likeness (QED) is 0.314. The van der Waals surface area contributed by atoms with Crippen molar-refractivity contribution in [3.63, 3.8) is 0 Å². The molecule has 10 heteroatoms. The van der Waals surface area contributed by atoms with E-state index in [-0.39, 0.29) is 6.54 Å². The SMILES string of the molecule is O=C(O)[C@@H]1[C@@H](O)[C@H](N2CCNCCNCCNCC2)CN1C(=O)O. The first-order valence-electron chi connectivity index (χ1n) is 8.29. The van der Waals surface area contributed by atoms with Crippen LogP contribution in [0.15, 0.2) is 0 Å². The molecule has 0 unspecified atom stereocenters. The van der Waals surface area contributed by atoms with E-state index in [4.69, 9.17) is 0 Å². The highest BCUT2D eigenvalue weighted by molar-refractivity contribution is 5.81. The van der Waals surface area contributed by atoms with Gasteiger partial charge in [-0.05, 0) is 0 Å². The molecular formula is C14H27N5O5. The van der Waals surface area contributed by atoms with E-state index in [9.17, 15) is 24.9 Å². The van der Waals surface area contributed by atoms with E-state index in [1.54, 1.807) is 0 Å². The highest BCUT2D eigenvalue weighted by Crippen LogP contribution is 2.23. The molecule has 3 atom stereocenters. The highest BCUT2D eigenvalue weighted by atomic mass is 16.4. The average molecular weight is 345 g/mol. The minimum Gasteiger partial charge on any atom is -0.480 e. The fraction of sp³-hybridized carbons (Fsp3) is 0.857. The number of aliphatic carboxylic acids is 1. The second-order valence-corrected chi connectivity index (χ2v) is 6.06. The van der Waals surface area contributed by atoms with Crippen molar-refractivity contribution in [2.75, 3.05) is 58.9 Å². The molecule has 2 aliphatic heterocycles. The summed E-state index contributed by atoms with van der Waals surface area (Å²) in [7, 11) is 0. The Balaban J connectivity index is 2.04. The van der Waals surface area contributed by atoms with Crippen LogP contribution in [0.3, 0.4) is 0 Å². The molecule has 0 aromatic rings. The van der Waals surface area contributed by atoms with Crippen LogP contribution in [0.2, 0.25) is 0 Å². The number of carboxylic acids is 1. The summed E-state index contributed by atoms with van der Waals surface area (Å²) in [6, 6.07) is -1.94. The molecule has 6 N–H and O–H groups in total. The lowest BCUT2D eigenvalue weighted by atomic mass is 10.1. The molecule has 2 aliphatic rings. The Hall–Kier alpha value is -1.46. The van der Waals surface area contributed by atoms with Crippen molar-refractivity contribution in [1.29, 1.82) is 0 Å². The predicted octanol–water partition coefficient (Wildman–Crippen LogP) is -2.75. The summed E-state index contributed by atoms with van der Waals surface area (Å²) < 4.78 is 0. The van der Waals surface area contributed by atoms with Crippen LogP contribution in [0.1, 0.15) is 0 Å². The lowest BCUT2D eigenvalue weighted by Crippen LogP contribution is -2.51. The van der Waals surface area contributed by atoms with Crippen molar-refractivity contribution in [1.82, 2.24) is 25.8 Å². The van der Waals surface area contributed by atoms with Gasteiger partial charge >= 0.3 is 12.1 Å². The monoisotopic (exact) mass is 345 g/mol. The van der Waals surface area contributed by atoms with Crippen molar-refractivity contribution in [3.8, 4) is 0 Å². The first kappa shape index (κ1) is 18.9. The molecule has 0 radical (unpaired) electrons. The Labute approximate surface area is 140 Å². The van der Waals surface area contributed by atoms with Gasteiger partial charge in [0.25, 0.3) is 0 Å². The number of hydrogen-bond donors (Lipinski definition) is 6. The molecule has 0 aliphatic carbocycles. The van der Waals surface area contributed by atoms with Crippen molar-refractivity contribution < 1.29 is 24.9 Å². The maximum atomic E-state index is 11.3. The van der Waals surface area contributed by atoms with E-state index < -0.39 is 30.3 Å². The van der Waals surface area contributed by atoms with Crippen LogP contribution in [0.4, 0.5) is 4.79 Å². The van der Waals surface area contributed by atoms with Crippen molar-refractivity contribution in [2.24, 2.45) is 0 Å². The van der Waals surface area contributed by atoms with Gasteiger partial charge in [0.2, 0.25) is 0 Å². The van der Waals surface area contributed by atoms with E-state index in [0.29, 0.717) is 26.2 Å². The molecule has 0 bridgehead atoms. The summed E-state index contributed by atoms with van der Waals surface area (Å²) in [5, 5.41) is 38.7. The smallest absolute Gasteiger partial charge is 0.408 e. The van der Waals surface area contributed by atoms with Crippen LogP contribution in [0.25, 0.3) is 0 Å². The summed E-state index contributed by atoms with van der Waals surface area (Å²) in [5.41, 5.74) is 0. The van der Waals surface area contributed by atoms with Crippen molar-refractivity contribution >= 4 is 12.1 Å². The van der Waals surface area contributed by atoms with Gasteiger partial charge in [0, 0.05) is 58.9 Å². The molecule has 0 spiro atoms. The topological polar surface area (TPSA) is 137 Å². The number of carbonyl (C=O) groups is 2. The minimum atomic E-state index is -1.42. The zero-order valence-electron chi connectivity index (χ0n) is 13.6. The number of amides is 1. The highest BCUT2D eigenvalue weighted by Gasteiger charge is 2.49. The summed E-state index contributed by atoms with van der Waals surface area (Å²) in [6.45, 7) is 5.97. The number of likely N-dealkylation sites (tertiary alicyclic amines) is 1. The second-order valence-electron chi connectivity index (χ2n) is 6.06. The van der Waals surface area contributed by atoms with Gasteiger partial charge in [0.05, 0.1) is 6.04 Å². The third-order valence-corrected chi connectivity index (χ3v) is 4.51. The van der Waals surface area contributed by atoms with Crippen LogP contribution < -0.4 is 16.0 Å². The molecule has 0 aromatic heterocycles. The maximum Gasteiger partial charge on any atom is 0.408 e. The largest absolute Gasteiger partial charge is 0.480 e. The second kappa shape index (κ2) is 9.14. The average Bonchev–Trinajstić information content (AvgIpc) is 2.86. The molecule has 2 saturated heterocycles. The number of nitrogens with one attached hydrogen (secondary N) is 3. The Morgan fingerprint density at radius 2 is 1.38 bits per heavy atom. The van der Waals surface area contributed by atoms with Crippen LogP contribution >= 0.6 is 0 Å². The zero-order valence-corrected chi connectivity index (χ0v) is 13.6. The summed E-state index contributed by atoms with van der Waals surface area (Å²) in [5.74, 6) is -1.32. The van der Waals surface area contributed by atoms with Crippen molar-refractivity contribution in [2.45, 2.75) is 18.2 Å². The predicted molar refractivity (Wildman–Crippen MR) is 86.1 cm³/mol. The number of hydrogen-bond acceptors (Lipinski definition) is 7. The number of carboxylic acid groups (broad SMARTS) is 2. The summed E-state index contributed by atoms with van der Waals surface area (Å²) in [6.07, 6.45) is -2.56. The van der Waals surface area contributed by atoms with Gasteiger partial charge in [-0.1, -0.05) is 0 Å². The van der Waals surface area contributed by atoms with Crippen LogP contribution in [0, 0.1) is 0 Å². The Morgan fingerprint density at radius 3 is 1.79 bits per heavy atom. The van der Waals surface area contributed by atoms with Gasteiger partial charge in [-0.15, -0.1) is 0 Å². The van der Waals surface area contributed by atoms with E-state index >= 15 is 0 Å². The van der Waals surface area contributed by atoms with Gasteiger partial charge in [-0.3, -0.25) is 9.80 Å². The third-order valence-electron chi connectivity index (χ3n) is 4.51. The van der Waals surface area contributed by atoms with Gasteiger partial charge in [-0.25, -0.2) is 9.59 Å². The van der Waals surface area contributed by atoms with Gasteiger partial charge in [0.15, 0.2) is 6.04 Å². The van der Waals surface area contributed by atoms with E-state index in [1.807, 2.05) is 4.90 Å². The molecule has 0 aromatic carbocycles. The molecule has 2 fully saturated rings. The molecule has 0 saturated carbocycles. The molecule has 10 nitrogen and oxygen atoms in total. The number of aliphatic hydroxyl groups excluding tert-OH is 1.